The van der Waals surface area contributed by atoms with Gasteiger partial charge in [-0.15, -0.1) is 0 Å². The number of H-pyrrole nitrogens is 1. The van der Waals surface area contributed by atoms with E-state index in [-0.39, 0.29) is 52.7 Å². The smallest absolute Gasteiger partial charge is 0.330 e. The van der Waals surface area contributed by atoms with Crippen LogP contribution in [-0.2, 0) is 16.1 Å². The van der Waals surface area contributed by atoms with Crippen LogP contribution < -0.4 is 32.2 Å². The van der Waals surface area contributed by atoms with E-state index in [9.17, 15) is 19.2 Å². The Balaban J connectivity index is 1.53. The minimum atomic E-state index is -0.815. The molecule has 0 fully saturated rings. The maximum absolute atomic E-state index is 13.8. The van der Waals surface area contributed by atoms with Gasteiger partial charge in [0.2, 0.25) is 5.91 Å². The molecular weight excluding hydrogens is 620 g/mol. The number of rotatable bonds is 11. The van der Waals surface area contributed by atoms with Crippen molar-refractivity contribution in [3.63, 3.8) is 0 Å². The van der Waals surface area contributed by atoms with E-state index in [1.807, 2.05) is 30.3 Å². The van der Waals surface area contributed by atoms with Crippen molar-refractivity contribution in [3.05, 3.63) is 115 Å². The lowest BCUT2D eigenvalue weighted by Gasteiger charge is -2.24. The Hall–Kier alpha value is -4.85. The number of nitrogens with zero attached hydrogens (tertiary/aromatic N) is 4. The highest BCUT2D eigenvalue weighted by Gasteiger charge is 2.25. The number of aromatic nitrogens is 4. The van der Waals surface area contributed by atoms with Gasteiger partial charge in [0.05, 0.1) is 47.6 Å². The van der Waals surface area contributed by atoms with E-state index in [1.165, 1.54) is 28.3 Å². The minimum absolute atomic E-state index is 0.0290. The van der Waals surface area contributed by atoms with Gasteiger partial charge in [0.1, 0.15) is 11.6 Å². The second kappa shape index (κ2) is 13.8. The van der Waals surface area contributed by atoms with Crippen molar-refractivity contribution in [2.24, 2.45) is 0 Å². The van der Waals surface area contributed by atoms with Gasteiger partial charge in [-0.2, -0.15) is 0 Å². The molecule has 0 saturated carbocycles. The predicted octanol–water partition coefficient (Wildman–Crippen LogP) is 3.30. The van der Waals surface area contributed by atoms with Crippen LogP contribution in [0, 0.1) is 0 Å². The van der Waals surface area contributed by atoms with E-state index in [0.29, 0.717) is 22.3 Å². The molecule has 0 radical (unpaired) electrons. The normalized spacial score (nSPS) is 11.1. The maximum Gasteiger partial charge on any atom is 0.330 e. The fourth-order valence-corrected chi connectivity index (χ4v) is 5.88. The zero-order valence-corrected chi connectivity index (χ0v) is 25.9. The lowest BCUT2D eigenvalue weighted by atomic mass is 10.2. The Morgan fingerprint density at radius 3 is 2.49 bits per heavy atom. The fourth-order valence-electron chi connectivity index (χ4n) is 4.74. The van der Waals surface area contributed by atoms with Gasteiger partial charge in [0.15, 0.2) is 10.8 Å². The van der Waals surface area contributed by atoms with Crippen molar-refractivity contribution in [1.29, 1.82) is 0 Å². The number of fused-ring (bicyclic) bond motifs is 1. The number of aromatic amines is 1. The summed E-state index contributed by atoms with van der Waals surface area (Å²) < 4.78 is 13.0. The van der Waals surface area contributed by atoms with Crippen LogP contribution in [0.25, 0.3) is 16.6 Å². The molecule has 0 atom stereocenters. The van der Waals surface area contributed by atoms with Gasteiger partial charge in [-0.05, 0) is 35.9 Å². The predicted molar refractivity (Wildman–Crippen MR) is 175 cm³/mol. The molecule has 14 heteroatoms. The number of thioether (sulfide) groups is 1. The summed E-state index contributed by atoms with van der Waals surface area (Å²) in [6, 6.07) is 20.8. The van der Waals surface area contributed by atoms with Gasteiger partial charge in [0.25, 0.3) is 11.1 Å². The molecule has 12 nitrogen and oxygen atoms in total. The highest BCUT2D eigenvalue weighted by Crippen LogP contribution is 2.29. The number of benzene rings is 3. The molecule has 0 aliphatic carbocycles. The van der Waals surface area contributed by atoms with Gasteiger partial charge in [-0.1, -0.05) is 65.8 Å². The van der Waals surface area contributed by atoms with E-state index >= 15 is 0 Å². The first-order valence-corrected chi connectivity index (χ1v) is 15.0. The quantitative estimate of drug-likeness (QED) is 0.162. The van der Waals surface area contributed by atoms with Gasteiger partial charge < -0.3 is 20.1 Å². The van der Waals surface area contributed by atoms with Crippen molar-refractivity contribution in [2.75, 3.05) is 43.8 Å². The summed E-state index contributed by atoms with van der Waals surface area (Å²) in [6.07, 6.45) is 0. The summed E-state index contributed by atoms with van der Waals surface area (Å²) in [5, 5.41) is 0.880. The summed E-state index contributed by atoms with van der Waals surface area (Å²) in [5.41, 5.74) is 5.96. The van der Waals surface area contributed by atoms with Crippen LogP contribution in [0.15, 0.2) is 92.3 Å². The molecule has 0 spiro atoms. The molecule has 0 aliphatic heterocycles. The van der Waals surface area contributed by atoms with Crippen LogP contribution in [-0.4, -0.2) is 58.1 Å². The third kappa shape index (κ3) is 6.65. The Bertz CT molecular complexity index is 2050. The highest BCUT2D eigenvalue weighted by atomic mass is 35.5. The first-order chi connectivity index (χ1) is 21.7. The lowest BCUT2D eigenvalue weighted by molar-refractivity contribution is -0.116. The molecule has 3 N–H and O–H groups in total. The molecule has 0 saturated heterocycles. The number of nitrogens with one attached hydrogen (secondary N) is 1. The Morgan fingerprint density at radius 2 is 1.78 bits per heavy atom. The molecule has 3 aromatic carbocycles. The van der Waals surface area contributed by atoms with Crippen LogP contribution >= 0.6 is 23.4 Å². The summed E-state index contributed by atoms with van der Waals surface area (Å²) in [7, 11) is 2.94. The van der Waals surface area contributed by atoms with Crippen LogP contribution in [0.3, 0.4) is 0 Å². The number of methoxy groups -OCH3 is 2. The van der Waals surface area contributed by atoms with Crippen LogP contribution in [0.1, 0.15) is 5.56 Å². The molecule has 1 amide bonds. The number of carbonyl (C=O) groups excluding carboxylic acids is 1. The number of anilines is 2. The number of para-hydroxylation sites is 1. The Kier molecular flexibility index (Phi) is 9.71. The lowest BCUT2D eigenvalue weighted by Crippen LogP contribution is -2.43. The highest BCUT2D eigenvalue weighted by molar-refractivity contribution is 7.99. The summed E-state index contributed by atoms with van der Waals surface area (Å²) in [5.74, 6) is -0.511. The zero-order chi connectivity index (χ0) is 32.1. The topological polar surface area (TPSA) is 155 Å². The monoisotopic (exact) mass is 648 g/mol. The average Bonchev–Trinajstić information content (AvgIpc) is 3.04. The number of nitrogens with two attached hydrogens (primary N) is 1. The van der Waals surface area contributed by atoms with E-state index in [2.05, 4.69) is 9.97 Å². The SMILES string of the molecule is COCCN(C(=O)CSc1nc2ccccc2c(=O)n1-c1ccc(OC)c(Cl)c1)c1c(N)n(Cc2ccccc2)c(=O)[nH]c1=O. The number of amides is 1. The summed E-state index contributed by atoms with van der Waals surface area (Å²) >= 11 is 7.38. The van der Waals surface area contributed by atoms with Crippen molar-refractivity contribution < 1.29 is 14.3 Å². The van der Waals surface area contributed by atoms with Crippen molar-refractivity contribution in [2.45, 2.75) is 11.7 Å². The van der Waals surface area contributed by atoms with E-state index in [0.717, 1.165) is 17.3 Å². The first-order valence-electron chi connectivity index (χ1n) is 13.7. The molecule has 5 aromatic rings. The van der Waals surface area contributed by atoms with Gasteiger partial charge in [-0.3, -0.25) is 28.5 Å². The third-order valence-corrected chi connectivity index (χ3v) is 8.17. The summed E-state index contributed by atoms with van der Waals surface area (Å²) in [4.78, 5) is 61.5. The molecule has 232 valence electrons. The molecule has 0 aliphatic rings. The molecule has 5 rings (SSSR count). The van der Waals surface area contributed by atoms with Crippen molar-refractivity contribution >= 4 is 51.7 Å². The molecule has 0 unspecified atom stereocenters. The van der Waals surface area contributed by atoms with E-state index in [1.54, 1.807) is 42.5 Å². The molecule has 0 bridgehead atoms. The van der Waals surface area contributed by atoms with Crippen LogP contribution in [0.2, 0.25) is 5.02 Å². The second-order valence-electron chi connectivity index (χ2n) is 9.76. The Labute approximate surface area is 266 Å². The van der Waals surface area contributed by atoms with Crippen molar-refractivity contribution in [1.82, 2.24) is 19.1 Å². The van der Waals surface area contributed by atoms with Crippen LogP contribution in [0.4, 0.5) is 11.5 Å². The number of halogens is 1. The number of hydrogen-bond acceptors (Lipinski definition) is 9. The molecule has 2 heterocycles. The van der Waals surface area contributed by atoms with E-state index in [4.69, 9.17) is 26.8 Å². The number of hydrogen-bond donors (Lipinski definition) is 2. The van der Waals surface area contributed by atoms with E-state index < -0.39 is 17.2 Å². The first kappa shape index (κ1) is 31.6. The maximum atomic E-state index is 13.8. The van der Waals surface area contributed by atoms with Crippen molar-refractivity contribution in [3.8, 4) is 11.4 Å². The third-order valence-electron chi connectivity index (χ3n) is 6.95. The van der Waals surface area contributed by atoms with Crippen LogP contribution in [0.5, 0.6) is 5.75 Å². The molecule has 45 heavy (non-hydrogen) atoms. The minimum Gasteiger partial charge on any atom is -0.495 e. The van der Waals surface area contributed by atoms with Gasteiger partial charge in [-0.25, -0.2) is 9.78 Å². The molecular formula is C31H29ClN6O6S. The zero-order valence-electron chi connectivity index (χ0n) is 24.4. The number of ether oxygens (including phenoxy) is 2. The Morgan fingerprint density at radius 1 is 1.04 bits per heavy atom. The fraction of sp³-hybridized carbons (Fsp3) is 0.194. The average molecular weight is 649 g/mol. The number of nitrogen functional groups attached to an aromatic ring is 1. The largest absolute Gasteiger partial charge is 0.495 e. The molecule has 2 aromatic heterocycles. The van der Waals surface area contributed by atoms with Gasteiger partial charge in [0, 0.05) is 13.7 Å². The second-order valence-corrected chi connectivity index (χ2v) is 11.1. The summed E-state index contributed by atoms with van der Waals surface area (Å²) in [6.45, 7) is 0.128. The standard InChI is InChI=1S/C31H29ClN6O6S/c1-43-15-14-36(26-27(33)37(30(42)35-28(26)40)17-19-8-4-3-5-9-19)25(39)18-45-31-34-23-11-7-6-10-21(23)29(41)38(31)20-12-13-24(44-2)22(32)16-20/h3-13,16H,14-15,17-18,33H2,1-2H3,(H,35,40,42). The number of carbonyl (C=O) groups is 1. The van der Waals surface area contributed by atoms with Gasteiger partial charge >= 0.3 is 5.69 Å².